The van der Waals surface area contributed by atoms with Crippen molar-refractivity contribution < 1.29 is 18.7 Å². The van der Waals surface area contributed by atoms with Crippen LogP contribution in [0.4, 0.5) is 4.39 Å². The number of aryl methyl sites for hydroxylation is 1. The topological polar surface area (TPSA) is 47.6 Å². The van der Waals surface area contributed by atoms with Crippen molar-refractivity contribution in [1.82, 2.24) is 5.32 Å². The molecular weight excluding hydrogens is 329 g/mol. The third-order valence-electron chi connectivity index (χ3n) is 4.99. The lowest BCUT2D eigenvalue weighted by molar-refractivity contribution is -0.192. The SMILES string of the molecule is Cc1c(C(=O)N[C@@H]2CCCCC23OCCO3)sc2cccc(F)c12. The van der Waals surface area contributed by atoms with E-state index in [1.165, 1.54) is 17.4 Å². The van der Waals surface area contributed by atoms with Crippen LogP contribution in [0.1, 0.15) is 40.9 Å². The summed E-state index contributed by atoms with van der Waals surface area (Å²) in [5, 5.41) is 3.63. The van der Waals surface area contributed by atoms with Gasteiger partial charge in [0, 0.05) is 16.5 Å². The first-order valence-corrected chi connectivity index (χ1v) is 9.19. The van der Waals surface area contributed by atoms with Crippen molar-refractivity contribution in [3.8, 4) is 0 Å². The van der Waals surface area contributed by atoms with Crippen LogP contribution < -0.4 is 5.32 Å². The molecule has 1 atom stereocenters. The third kappa shape index (κ3) is 2.53. The van der Waals surface area contributed by atoms with Crippen LogP contribution in [0, 0.1) is 12.7 Å². The van der Waals surface area contributed by atoms with Gasteiger partial charge in [0.05, 0.1) is 24.1 Å². The number of rotatable bonds is 2. The molecule has 4 nitrogen and oxygen atoms in total. The molecule has 0 radical (unpaired) electrons. The Morgan fingerprint density at radius 1 is 1.33 bits per heavy atom. The van der Waals surface area contributed by atoms with Gasteiger partial charge in [0.1, 0.15) is 5.82 Å². The molecule has 2 heterocycles. The van der Waals surface area contributed by atoms with E-state index in [1.807, 2.05) is 6.07 Å². The summed E-state index contributed by atoms with van der Waals surface area (Å²) in [5.74, 6) is -1.13. The standard InChI is InChI=1S/C18H20FNO3S/c1-11-15-12(19)5-4-6-13(15)24-16(11)17(21)20-14-7-2-3-8-18(14)22-9-10-23-18/h4-6,14H,2-3,7-10H2,1H3,(H,20,21)/t14-/m1/s1. The third-order valence-corrected chi connectivity index (χ3v) is 6.25. The van der Waals surface area contributed by atoms with Crippen LogP contribution >= 0.6 is 11.3 Å². The van der Waals surface area contributed by atoms with E-state index in [-0.39, 0.29) is 17.8 Å². The number of halogens is 1. The van der Waals surface area contributed by atoms with E-state index >= 15 is 0 Å². The van der Waals surface area contributed by atoms with Gasteiger partial charge < -0.3 is 14.8 Å². The number of carbonyl (C=O) groups excluding carboxylic acids is 1. The second-order valence-corrected chi connectivity index (χ2v) is 7.50. The number of hydrogen-bond acceptors (Lipinski definition) is 4. The zero-order valence-electron chi connectivity index (χ0n) is 13.6. The van der Waals surface area contributed by atoms with Gasteiger partial charge in [0.25, 0.3) is 5.91 Å². The smallest absolute Gasteiger partial charge is 0.262 e. The van der Waals surface area contributed by atoms with E-state index in [2.05, 4.69) is 5.32 Å². The number of thiophene rings is 1. The van der Waals surface area contributed by atoms with Crippen LogP contribution in [0.2, 0.25) is 0 Å². The molecule has 24 heavy (non-hydrogen) atoms. The Labute approximate surface area is 143 Å². The molecule has 0 bridgehead atoms. The van der Waals surface area contributed by atoms with Crippen LogP contribution in [0.3, 0.4) is 0 Å². The monoisotopic (exact) mass is 349 g/mol. The Kier molecular flexibility index (Phi) is 4.06. The highest BCUT2D eigenvalue weighted by Crippen LogP contribution is 2.37. The van der Waals surface area contributed by atoms with Gasteiger partial charge in [0.15, 0.2) is 5.79 Å². The number of fused-ring (bicyclic) bond motifs is 1. The minimum Gasteiger partial charge on any atom is -0.346 e. The van der Waals surface area contributed by atoms with Gasteiger partial charge in [-0.3, -0.25) is 4.79 Å². The van der Waals surface area contributed by atoms with Gasteiger partial charge in [-0.05, 0) is 37.5 Å². The van der Waals surface area contributed by atoms with Crippen molar-refractivity contribution in [3.63, 3.8) is 0 Å². The van der Waals surface area contributed by atoms with E-state index in [4.69, 9.17) is 9.47 Å². The van der Waals surface area contributed by atoms with Crippen LogP contribution in [0.15, 0.2) is 18.2 Å². The van der Waals surface area contributed by atoms with E-state index < -0.39 is 5.79 Å². The Morgan fingerprint density at radius 2 is 2.12 bits per heavy atom. The maximum absolute atomic E-state index is 14.1. The second-order valence-electron chi connectivity index (χ2n) is 6.45. The number of benzene rings is 1. The van der Waals surface area contributed by atoms with Crippen molar-refractivity contribution in [3.05, 3.63) is 34.5 Å². The van der Waals surface area contributed by atoms with E-state index in [0.717, 1.165) is 30.4 Å². The lowest BCUT2D eigenvalue weighted by Crippen LogP contribution is -2.55. The molecule has 1 aliphatic carbocycles. The fourth-order valence-corrected chi connectivity index (χ4v) is 4.93. The van der Waals surface area contributed by atoms with Gasteiger partial charge in [-0.15, -0.1) is 11.3 Å². The van der Waals surface area contributed by atoms with Crippen molar-refractivity contribution in [2.45, 2.75) is 44.4 Å². The molecule has 1 amide bonds. The molecule has 2 aromatic rings. The van der Waals surface area contributed by atoms with Crippen molar-refractivity contribution >= 4 is 27.3 Å². The molecule has 1 N–H and O–H groups in total. The average Bonchev–Trinajstić information content (AvgIpc) is 3.16. The Morgan fingerprint density at radius 3 is 2.88 bits per heavy atom. The van der Waals surface area contributed by atoms with Crippen molar-refractivity contribution in [2.24, 2.45) is 0 Å². The lowest BCUT2D eigenvalue weighted by atomic mass is 9.89. The largest absolute Gasteiger partial charge is 0.346 e. The minimum atomic E-state index is -0.677. The molecule has 4 rings (SSSR count). The van der Waals surface area contributed by atoms with Gasteiger partial charge in [0.2, 0.25) is 0 Å². The van der Waals surface area contributed by atoms with Gasteiger partial charge in [-0.1, -0.05) is 12.5 Å². The van der Waals surface area contributed by atoms with Gasteiger partial charge >= 0.3 is 0 Å². The summed E-state index contributed by atoms with van der Waals surface area (Å²) in [5.41, 5.74) is 0.698. The summed E-state index contributed by atoms with van der Waals surface area (Å²) in [6.07, 6.45) is 3.72. The summed E-state index contributed by atoms with van der Waals surface area (Å²) in [7, 11) is 0. The van der Waals surface area contributed by atoms with Crippen LogP contribution in [-0.4, -0.2) is 30.9 Å². The lowest BCUT2D eigenvalue weighted by Gasteiger charge is -2.39. The van der Waals surface area contributed by atoms with Crippen LogP contribution in [0.25, 0.3) is 10.1 Å². The maximum atomic E-state index is 14.1. The molecule has 128 valence electrons. The van der Waals surface area contributed by atoms with Crippen molar-refractivity contribution in [1.29, 1.82) is 0 Å². The van der Waals surface area contributed by atoms with E-state index in [9.17, 15) is 9.18 Å². The average molecular weight is 349 g/mol. The highest BCUT2D eigenvalue weighted by atomic mass is 32.1. The predicted octanol–water partition coefficient (Wildman–Crippen LogP) is 3.76. The zero-order chi connectivity index (χ0) is 16.7. The molecule has 1 aromatic heterocycles. The normalized spacial score (nSPS) is 23.0. The highest BCUT2D eigenvalue weighted by molar-refractivity contribution is 7.21. The molecule has 1 aliphatic heterocycles. The molecule has 1 aromatic carbocycles. The number of carbonyl (C=O) groups is 1. The molecule has 2 fully saturated rings. The molecule has 6 heteroatoms. The summed E-state index contributed by atoms with van der Waals surface area (Å²) in [6, 6.07) is 4.79. The quantitative estimate of drug-likeness (QED) is 0.898. The van der Waals surface area contributed by atoms with Crippen LogP contribution in [0.5, 0.6) is 0 Å². The number of nitrogens with one attached hydrogen (secondary N) is 1. The summed E-state index contributed by atoms with van der Waals surface area (Å²) < 4.78 is 26.5. The fourth-order valence-electron chi connectivity index (χ4n) is 3.81. The van der Waals surface area contributed by atoms with Gasteiger partial charge in [-0.25, -0.2) is 4.39 Å². The van der Waals surface area contributed by atoms with Crippen molar-refractivity contribution in [2.75, 3.05) is 13.2 Å². The predicted molar refractivity (Wildman–Crippen MR) is 90.9 cm³/mol. The molecule has 1 saturated heterocycles. The van der Waals surface area contributed by atoms with Gasteiger partial charge in [-0.2, -0.15) is 0 Å². The number of ether oxygens (including phenoxy) is 2. The number of hydrogen-bond donors (Lipinski definition) is 1. The Hall–Kier alpha value is -1.50. The maximum Gasteiger partial charge on any atom is 0.262 e. The van der Waals surface area contributed by atoms with Crippen LogP contribution in [-0.2, 0) is 9.47 Å². The van der Waals surface area contributed by atoms with E-state index in [0.29, 0.717) is 29.0 Å². The summed E-state index contributed by atoms with van der Waals surface area (Å²) in [4.78, 5) is 13.4. The first-order chi connectivity index (χ1) is 11.6. The molecule has 2 aliphatic rings. The first-order valence-electron chi connectivity index (χ1n) is 8.37. The Bertz CT molecular complexity index is 782. The summed E-state index contributed by atoms with van der Waals surface area (Å²) in [6.45, 7) is 2.94. The zero-order valence-corrected chi connectivity index (χ0v) is 14.4. The highest BCUT2D eigenvalue weighted by Gasteiger charge is 2.46. The molecule has 1 saturated carbocycles. The second kappa shape index (κ2) is 6.10. The molecular formula is C18H20FNO3S. The summed E-state index contributed by atoms with van der Waals surface area (Å²) >= 11 is 1.33. The Balaban J connectivity index is 1.62. The first kappa shape index (κ1) is 16.0. The number of amides is 1. The minimum absolute atomic E-state index is 0.157. The molecule has 0 unspecified atom stereocenters. The molecule has 1 spiro atoms. The van der Waals surface area contributed by atoms with E-state index in [1.54, 1.807) is 13.0 Å². The fraction of sp³-hybridized carbons (Fsp3) is 0.500.